The van der Waals surface area contributed by atoms with Gasteiger partial charge >= 0.3 is 18.3 Å². The van der Waals surface area contributed by atoms with Gasteiger partial charge in [-0.3, -0.25) is 9.59 Å². The summed E-state index contributed by atoms with van der Waals surface area (Å²) >= 11 is 0. The average molecular weight is 271 g/mol. The topological polar surface area (TPSA) is 66.4 Å². The number of rotatable bonds is 5. The fourth-order valence-electron chi connectivity index (χ4n) is 1.98. The molecule has 1 aliphatic carbocycles. The number of amides is 1. The van der Waals surface area contributed by atoms with Crippen LogP contribution in [0.3, 0.4) is 0 Å². The van der Waals surface area contributed by atoms with E-state index >= 15 is 0 Å². The van der Waals surface area contributed by atoms with Crippen molar-refractivity contribution in [2.45, 2.75) is 26.2 Å². The zero-order chi connectivity index (χ0) is 14.3. The van der Waals surface area contributed by atoms with Gasteiger partial charge in [0, 0.05) is 0 Å². The van der Waals surface area contributed by atoms with Gasteiger partial charge in [-0.25, -0.2) is 8.78 Å². The largest absolute Gasteiger partial charge is 0.481 e. The summed E-state index contributed by atoms with van der Waals surface area (Å²) < 4.78 is 48.8. The molecule has 0 aromatic heterocycles. The smallest absolute Gasteiger partial charge is 0.324 e. The molecule has 1 saturated carbocycles. The lowest BCUT2D eigenvalue weighted by Crippen LogP contribution is -2.42. The van der Waals surface area contributed by atoms with Gasteiger partial charge in [-0.15, -0.1) is 0 Å². The lowest BCUT2D eigenvalue weighted by atomic mass is 10.1. The molecule has 0 aromatic carbocycles. The summed E-state index contributed by atoms with van der Waals surface area (Å²) in [6.45, 7) is 1.50. The Morgan fingerprint density at radius 3 is 2.17 bits per heavy atom. The van der Waals surface area contributed by atoms with Gasteiger partial charge in [-0.1, -0.05) is 13.8 Å². The minimum Gasteiger partial charge on any atom is -0.481 e. The number of carboxylic acids is 1. The molecule has 104 valence electrons. The Bertz CT molecular complexity index is 370. The number of carboxylic acid groups (broad SMARTS) is 1. The third-order valence-electron chi connectivity index (χ3n) is 3.19. The molecule has 0 aliphatic heterocycles. The maximum atomic E-state index is 12.6. The van der Waals surface area contributed by atoms with Crippen molar-refractivity contribution in [2.75, 3.05) is 6.54 Å². The molecule has 8 heteroatoms. The van der Waals surface area contributed by atoms with Crippen molar-refractivity contribution >= 4 is 11.9 Å². The molecular formula is C10H13F4NO3. The first kappa shape index (κ1) is 14.7. The van der Waals surface area contributed by atoms with Gasteiger partial charge in [-0.2, -0.15) is 8.78 Å². The second kappa shape index (κ2) is 4.40. The van der Waals surface area contributed by atoms with E-state index in [1.807, 2.05) is 0 Å². The summed E-state index contributed by atoms with van der Waals surface area (Å²) in [7, 11) is 0. The highest BCUT2D eigenvalue weighted by molar-refractivity contribution is 5.91. The van der Waals surface area contributed by atoms with Gasteiger partial charge < -0.3 is 10.4 Å². The molecule has 2 atom stereocenters. The van der Waals surface area contributed by atoms with Crippen LogP contribution in [0.1, 0.15) is 13.8 Å². The van der Waals surface area contributed by atoms with E-state index in [0.29, 0.717) is 0 Å². The minimum absolute atomic E-state index is 0.851. The van der Waals surface area contributed by atoms with Crippen molar-refractivity contribution in [1.29, 1.82) is 0 Å². The van der Waals surface area contributed by atoms with E-state index in [0.717, 1.165) is 0 Å². The number of halogens is 4. The quantitative estimate of drug-likeness (QED) is 0.742. The normalized spacial score (nSPS) is 25.9. The van der Waals surface area contributed by atoms with Crippen LogP contribution in [0.2, 0.25) is 0 Å². The van der Waals surface area contributed by atoms with E-state index in [9.17, 15) is 27.2 Å². The number of alkyl halides is 4. The molecule has 0 saturated heterocycles. The number of hydrogen-bond acceptors (Lipinski definition) is 2. The highest BCUT2D eigenvalue weighted by atomic mass is 19.3. The molecule has 1 fully saturated rings. The Morgan fingerprint density at radius 1 is 1.33 bits per heavy atom. The summed E-state index contributed by atoms with van der Waals surface area (Å²) in [6, 6.07) is 0. The number of nitrogens with one attached hydrogen (secondary N) is 1. The number of carbonyl (C=O) groups excluding carboxylic acids is 1. The maximum Gasteiger partial charge on any atom is 0.324 e. The summed E-state index contributed by atoms with van der Waals surface area (Å²) in [6.07, 6.45) is -3.87. The Labute approximate surface area is 100 Å². The zero-order valence-electron chi connectivity index (χ0n) is 9.71. The summed E-state index contributed by atoms with van der Waals surface area (Å²) in [5.74, 6) is -8.40. The first-order valence-corrected chi connectivity index (χ1v) is 5.18. The number of hydrogen-bond donors (Lipinski definition) is 2. The van der Waals surface area contributed by atoms with Gasteiger partial charge in [0.05, 0.1) is 18.4 Å². The van der Waals surface area contributed by atoms with Gasteiger partial charge in [0.1, 0.15) is 0 Å². The Balaban J connectivity index is 2.57. The van der Waals surface area contributed by atoms with E-state index in [2.05, 4.69) is 0 Å². The van der Waals surface area contributed by atoms with Gasteiger partial charge in [0.25, 0.3) is 0 Å². The van der Waals surface area contributed by atoms with E-state index in [4.69, 9.17) is 5.11 Å². The first-order chi connectivity index (χ1) is 8.01. The van der Waals surface area contributed by atoms with Crippen LogP contribution >= 0.6 is 0 Å². The maximum absolute atomic E-state index is 12.6. The van der Waals surface area contributed by atoms with E-state index in [1.165, 1.54) is 13.8 Å². The van der Waals surface area contributed by atoms with E-state index in [1.54, 1.807) is 5.32 Å². The third kappa shape index (κ3) is 2.56. The second-order valence-corrected chi connectivity index (χ2v) is 4.89. The lowest BCUT2D eigenvalue weighted by molar-refractivity contribution is -0.142. The highest BCUT2D eigenvalue weighted by Gasteiger charge is 2.66. The molecule has 18 heavy (non-hydrogen) atoms. The molecule has 0 heterocycles. The first-order valence-electron chi connectivity index (χ1n) is 5.18. The van der Waals surface area contributed by atoms with Crippen molar-refractivity contribution in [2.24, 2.45) is 17.3 Å². The van der Waals surface area contributed by atoms with Crippen molar-refractivity contribution in [3.8, 4) is 0 Å². The van der Waals surface area contributed by atoms with Crippen LogP contribution in [0.25, 0.3) is 0 Å². The van der Waals surface area contributed by atoms with Crippen molar-refractivity contribution in [3.05, 3.63) is 0 Å². The van der Waals surface area contributed by atoms with Crippen LogP contribution in [0, 0.1) is 17.3 Å². The molecule has 0 aromatic rings. The number of aliphatic carboxylic acids is 1. The molecule has 2 N–H and O–H groups in total. The van der Waals surface area contributed by atoms with E-state index in [-0.39, 0.29) is 0 Å². The highest BCUT2D eigenvalue weighted by Crippen LogP contribution is 2.58. The van der Waals surface area contributed by atoms with Crippen molar-refractivity contribution < 1.29 is 32.3 Å². The van der Waals surface area contributed by atoms with Crippen molar-refractivity contribution in [3.63, 3.8) is 0 Å². The Hall–Kier alpha value is -1.34. The van der Waals surface area contributed by atoms with Gasteiger partial charge in [0.15, 0.2) is 0 Å². The van der Waals surface area contributed by atoms with E-state index < -0.39 is 48.0 Å². The minimum atomic E-state index is -4.31. The molecule has 1 aliphatic rings. The standard InChI is InChI=1S/C10H13F4NO3/c1-9(2)4(5(9)7(17)18)6(16)15-3-10(13,14)8(11)12/h4-5,8H,3H2,1-2H3,(H,15,16)(H,17,18)/t4-,5+/m1/s1. The SMILES string of the molecule is CC1(C)[C@H](C(=O)O)[C@@H]1C(=O)NCC(F)(F)C(F)F. The van der Waals surface area contributed by atoms with Crippen LogP contribution in [0.4, 0.5) is 17.6 Å². The molecule has 1 rings (SSSR count). The second-order valence-electron chi connectivity index (χ2n) is 4.89. The summed E-state index contributed by atoms with van der Waals surface area (Å²) in [5.41, 5.74) is -0.851. The van der Waals surface area contributed by atoms with Crippen molar-refractivity contribution in [1.82, 2.24) is 5.32 Å². The van der Waals surface area contributed by atoms with Crippen LogP contribution in [-0.4, -0.2) is 35.9 Å². The lowest BCUT2D eigenvalue weighted by Gasteiger charge is -2.15. The van der Waals surface area contributed by atoms with Crippen LogP contribution in [0.5, 0.6) is 0 Å². The molecule has 4 nitrogen and oxygen atoms in total. The average Bonchev–Trinajstić information content (AvgIpc) is 2.78. The van der Waals surface area contributed by atoms with Gasteiger partial charge in [-0.05, 0) is 5.41 Å². The fraction of sp³-hybridized carbons (Fsp3) is 0.800. The molecule has 0 unspecified atom stereocenters. The summed E-state index contributed by atoms with van der Waals surface area (Å²) in [5, 5.41) is 10.5. The third-order valence-corrected chi connectivity index (χ3v) is 3.19. The molecule has 0 spiro atoms. The Morgan fingerprint density at radius 2 is 1.83 bits per heavy atom. The number of carbonyl (C=O) groups is 2. The van der Waals surface area contributed by atoms with Crippen LogP contribution in [-0.2, 0) is 9.59 Å². The predicted octanol–water partition coefficient (Wildman–Crippen LogP) is 1.36. The molecule has 0 bridgehead atoms. The van der Waals surface area contributed by atoms with Crippen LogP contribution in [0.15, 0.2) is 0 Å². The fourth-order valence-corrected chi connectivity index (χ4v) is 1.98. The van der Waals surface area contributed by atoms with Crippen LogP contribution < -0.4 is 5.32 Å². The zero-order valence-corrected chi connectivity index (χ0v) is 9.71. The monoisotopic (exact) mass is 271 g/mol. The molecule has 0 radical (unpaired) electrons. The molecular weight excluding hydrogens is 258 g/mol. The Kier molecular flexibility index (Phi) is 3.60. The molecule has 1 amide bonds. The predicted molar refractivity (Wildman–Crippen MR) is 52.4 cm³/mol. The van der Waals surface area contributed by atoms with Gasteiger partial charge in [0.2, 0.25) is 5.91 Å². The summed E-state index contributed by atoms with van der Waals surface area (Å²) in [4.78, 5) is 22.2.